The first-order chi connectivity index (χ1) is 9.97. The van der Waals surface area contributed by atoms with Gasteiger partial charge in [0, 0.05) is 6.04 Å². The lowest BCUT2D eigenvalue weighted by Gasteiger charge is -2.14. The molecule has 0 heterocycles. The van der Waals surface area contributed by atoms with Gasteiger partial charge in [-0.25, -0.2) is 4.39 Å². The van der Waals surface area contributed by atoms with Crippen LogP contribution in [0.15, 0.2) is 42.5 Å². The minimum absolute atomic E-state index is 0.0181. The maximum atomic E-state index is 13.8. The first-order valence-corrected chi connectivity index (χ1v) is 6.58. The molecule has 0 aliphatic carbocycles. The molecule has 0 bridgehead atoms. The van der Waals surface area contributed by atoms with Crippen molar-refractivity contribution in [1.29, 1.82) is 0 Å². The minimum atomic E-state index is -2.90. The van der Waals surface area contributed by atoms with E-state index in [0.29, 0.717) is 11.1 Å². The molecule has 0 aliphatic heterocycles. The smallest absolute Gasteiger partial charge is 0.387 e. The number of alkyl halides is 2. The first-order valence-electron chi connectivity index (χ1n) is 6.20. The number of rotatable bonds is 5. The van der Waals surface area contributed by atoms with Crippen molar-refractivity contribution < 1.29 is 17.9 Å². The molecule has 21 heavy (non-hydrogen) atoms. The molecule has 1 unspecified atom stereocenters. The van der Waals surface area contributed by atoms with Crippen LogP contribution in [0.3, 0.4) is 0 Å². The Bertz CT molecular complexity index is 622. The van der Waals surface area contributed by atoms with E-state index in [1.165, 1.54) is 18.2 Å². The lowest BCUT2D eigenvalue weighted by Crippen LogP contribution is -2.14. The second kappa shape index (κ2) is 6.83. The number of halogens is 4. The molecule has 1 atom stereocenters. The summed E-state index contributed by atoms with van der Waals surface area (Å²) in [6.07, 6.45) is 0.199. The van der Waals surface area contributed by atoms with Gasteiger partial charge in [0.05, 0.1) is 5.02 Å². The zero-order valence-corrected chi connectivity index (χ0v) is 11.7. The second-order valence-corrected chi connectivity index (χ2v) is 4.88. The van der Waals surface area contributed by atoms with Crippen LogP contribution in [0.5, 0.6) is 5.75 Å². The third-order valence-electron chi connectivity index (χ3n) is 2.98. The van der Waals surface area contributed by atoms with Gasteiger partial charge in [0.1, 0.15) is 11.6 Å². The van der Waals surface area contributed by atoms with Crippen molar-refractivity contribution in [3.63, 3.8) is 0 Å². The minimum Gasteiger partial charge on any atom is -0.435 e. The number of hydrogen-bond donors (Lipinski definition) is 1. The van der Waals surface area contributed by atoms with E-state index in [2.05, 4.69) is 4.74 Å². The Balaban J connectivity index is 2.16. The van der Waals surface area contributed by atoms with Crippen LogP contribution in [0.2, 0.25) is 5.02 Å². The Morgan fingerprint density at radius 3 is 2.57 bits per heavy atom. The highest BCUT2D eigenvalue weighted by molar-refractivity contribution is 6.30. The molecule has 112 valence electrons. The molecule has 0 saturated carbocycles. The fourth-order valence-corrected chi connectivity index (χ4v) is 2.18. The van der Waals surface area contributed by atoms with Crippen molar-refractivity contribution in [2.45, 2.75) is 19.1 Å². The Kier molecular flexibility index (Phi) is 5.09. The van der Waals surface area contributed by atoms with Crippen LogP contribution in [0.4, 0.5) is 13.2 Å². The maximum Gasteiger partial charge on any atom is 0.387 e. The summed E-state index contributed by atoms with van der Waals surface area (Å²) in [6, 6.07) is 10.2. The number of ether oxygens (including phenoxy) is 1. The Hall–Kier alpha value is -1.72. The van der Waals surface area contributed by atoms with Crippen LogP contribution in [0.1, 0.15) is 17.2 Å². The Labute approximate surface area is 125 Å². The monoisotopic (exact) mass is 315 g/mol. The van der Waals surface area contributed by atoms with E-state index in [9.17, 15) is 13.2 Å². The van der Waals surface area contributed by atoms with Gasteiger partial charge in [0.25, 0.3) is 0 Å². The summed E-state index contributed by atoms with van der Waals surface area (Å²) in [5.41, 5.74) is 6.94. The summed E-state index contributed by atoms with van der Waals surface area (Å²) >= 11 is 5.71. The van der Waals surface area contributed by atoms with Crippen molar-refractivity contribution in [2.75, 3.05) is 0 Å². The molecular weight excluding hydrogens is 303 g/mol. The average Bonchev–Trinajstić information content (AvgIpc) is 2.43. The number of nitrogens with two attached hydrogens (primary N) is 1. The van der Waals surface area contributed by atoms with Crippen LogP contribution < -0.4 is 10.5 Å². The molecule has 2 aromatic carbocycles. The molecule has 0 radical (unpaired) electrons. The van der Waals surface area contributed by atoms with E-state index in [4.69, 9.17) is 17.3 Å². The molecule has 2 rings (SSSR count). The fourth-order valence-electron chi connectivity index (χ4n) is 1.98. The summed E-state index contributed by atoms with van der Waals surface area (Å²) in [5, 5.41) is 0.0227. The fraction of sp³-hybridized carbons (Fsp3) is 0.200. The third kappa shape index (κ3) is 4.12. The Morgan fingerprint density at radius 1 is 1.14 bits per heavy atom. The molecule has 0 saturated heterocycles. The van der Waals surface area contributed by atoms with Crippen molar-refractivity contribution in [1.82, 2.24) is 0 Å². The second-order valence-electron chi connectivity index (χ2n) is 4.47. The third-order valence-corrected chi connectivity index (χ3v) is 3.27. The molecule has 6 heteroatoms. The van der Waals surface area contributed by atoms with Crippen molar-refractivity contribution in [3.05, 3.63) is 64.4 Å². The lowest BCUT2D eigenvalue weighted by atomic mass is 9.99. The predicted molar refractivity (Wildman–Crippen MR) is 75.1 cm³/mol. The molecule has 0 fully saturated rings. The highest BCUT2D eigenvalue weighted by Crippen LogP contribution is 2.25. The van der Waals surface area contributed by atoms with Gasteiger partial charge in [-0.15, -0.1) is 0 Å². The van der Waals surface area contributed by atoms with Crippen molar-refractivity contribution >= 4 is 11.6 Å². The van der Waals surface area contributed by atoms with E-state index in [1.54, 1.807) is 24.3 Å². The summed E-state index contributed by atoms with van der Waals surface area (Å²) in [5.74, 6) is -0.501. The lowest BCUT2D eigenvalue weighted by molar-refractivity contribution is -0.0498. The normalized spacial score (nSPS) is 12.5. The van der Waals surface area contributed by atoms with E-state index in [0.717, 1.165) is 0 Å². The van der Waals surface area contributed by atoms with Crippen LogP contribution in [-0.4, -0.2) is 6.61 Å². The molecule has 0 aliphatic rings. The van der Waals surface area contributed by atoms with Crippen LogP contribution in [0, 0.1) is 5.82 Å². The topological polar surface area (TPSA) is 35.2 Å². The van der Waals surface area contributed by atoms with Crippen LogP contribution >= 0.6 is 11.6 Å². The van der Waals surface area contributed by atoms with Gasteiger partial charge in [-0.2, -0.15) is 8.78 Å². The molecule has 2 N–H and O–H groups in total. The highest BCUT2D eigenvalue weighted by Gasteiger charge is 2.13. The van der Waals surface area contributed by atoms with Gasteiger partial charge in [-0.1, -0.05) is 35.9 Å². The van der Waals surface area contributed by atoms with Crippen molar-refractivity contribution in [2.24, 2.45) is 5.73 Å². The molecular formula is C15H13ClF3NO. The van der Waals surface area contributed by atoms with Gasteiger partial charge in [-0.3, -0.25) is 0 Å². The summed E-state index contributed by atoms with van der Waals surface area (Å²) in [6.45, 7) is -2.90. The maximum absolute atomic E-state index is 13.8. The van der Waals surface area contributed by atoms with Gasteiger partial charge in [-0.05, 0) is 35.7 Å². The zero-order valence-electron chi connectivity index (χ0n) is 10.9. The first kappa shape index (κ1) is 15.7. The molecule has 2 aromatic rings. The van der Waals surface area contributed by atoms with Crippen molar-refractivity contribution in [3.8, 4) is 5.75 Å². The van der Waals surface area contributed by atoms with Gasteiger partial charge < -0.3 is 10.5 Å². The van der Waals surface area contributed by atoms with Gasteiger partial charge >= 0.3 is 6.61 Å². The quantitative estimate of drug-likeness (QED) is 0.891. The average molecular weight is 316 g/mol. The SMILES string of the molecule is NC(Cc1cccc(Cl)c1F)c1cccc(OC(F)F)c1. The standard InChI is InChI=1S/C15H13ClF3NO/c16-12-6-2-4-10(14(12)17)8-13(20)9-3-1-5-11(7-9)21-15(18)19/h1-7,13,15H,8,20H2. The summed E-state index contributed by atoms with van der Waals surface area (Å²) in [7, 11) is 0. The van der Waals surface area contributed by atoms with Gasteiger partial charge in [0.15, 0.2) is 0 Å². The molecule has 2 nitrogen and oxygen atoms in total. The predicted octanol–water partition coefficient (Wildman–Crippen LogP) is 4.32. The molecule has 0 aromatic heterocycles. The van der Waals surface area contributed by atoms with E-state index < -0.39 is 18.5 Å². The highest BCUT2D eigenvalue weighted by atomic mass is 35.5. The summed E-state index contributed by atoms with van der Waals surface area (Å²) in [4.78, 5) is 0. The zero-order chi connectivity index (χ0) is 15.4. The summed E-state index contributed by atoms with van der Waals surface area (Å²) < 4.78 is 42.5. The Morgan fingerprint density at radius 2 is 1.86 bits per heavy atom. The number of benzene rings is 2. The molecule has 0 spiro atoms. The molecule has 0 amide bonds. The van der Waals surface area contributed by atoms with E-state index in [1.807, 2.05) is 0 Å². The van der Waals surface area contributed by atoms with E-state index >= 15 is 0 Å². The van der Waals surface area contributed by atoms with Crippen LogP contribution in [0.25, 0.3) is 0 Å². The van der Waals surface area contributed by atoms with Crippen LogP contribution in [-0.2, 0) is 6.42 Å². The van der Waals surface area contributed by atoms with E-state index in [-0.39, 0.29) is 17.2 Å². The number of hydrogen-bond acceptors (Lipinski definition) is 2. The van der Waals surface area contributed by atoms with Gasteiger partial charge in [0.2, 0.25) is 0 Å². The largest absolute Gasteiger partial charge is 0.435 e.